The largest absolute Gasteiger partial charge is 0.467 e. The molecule has 24 heavy (non-hydrogen) atoms. The minimum absolute atomic E-state index is 0.185. The summed E-state index contributed by atoms with van der Waals surface area (Å²) in [6.45, 7) is 0.623. The number of halogens is 1. The van der Waals surface area contributed by atoms with Gasteiger partial charge in [-0.1, -0.05) is 29.8 Å². The van der Waals surface area contributed by atoms with Gasteiger partial charge in [0.25, 0.3) is 11.5 Å². The molecule has 3 aromatic rings. The number of nitrogens with zero attached hydrogens (tertiary/aromatic N) is 1. The SMILES string of the molecule is O=C(NCc1ccco1)c1cccc(Cn2c(Cl)cccc2=O)c1. The molecule has 6 heteroatoms. The maximum absolute atomic E-state index is 12.2. The van der Waals surface area contributed by atoms with E-state index in [1.165, 1.54) is 10.6 Å². The summed E-state index contributed by atoms with van der Waals surface area (Å²) in [5.74, 6) is 0.474. The summed E-state index contributed by atoms with van der Waals surface area (Å²) in [5, 5.41) is 3.14. The van der Waals surface area contributed by atoms with Crippen molar-refractivity contribution in [2.75, 3.05) is 0 Å². The van der Waals surface area contributed by atoms with Crippen LogP contribution in [0.2, 0.25) is 5.15 Å². The lowest BCUT2D eigenvalue weighted by Gasteiger charge is -2.09. The molecule has 0 atom stereocenters. The lowest BCUT2D eigenvalue weighted by molar-refractivity contribution is 0.0948. The molecule has 0 fully saturated rings. The van der Waals surface area contributed by atoms with Crippen molar-refractivity contribution in [2.24, 2.45) is 0 Å². The fourth-order valence-electron chi connectivity index (χ4n) is 2.32. The highest BCUT2D eigenvalue weighted by molar-refractivity contribution is 6.29. The Kier molecular flexibility index (Phi) is 4.82. The zero-order chi connectivity index (χ0) is 16.9. The van der Waals surface area contributed by atoms with E-state index in [9.17, 15) is 9.59 Å². The van der Waals surface area contributed by atoms with Crippen LogP contribution in [0.3, 0.4) is 0 Å². The average molecular weight is 343 g/mol. The third-order valence-corrected chi connectivity index (χ3v) is 3.86. The predicted octanol–water partition coefficient (Wildman–Crippen LogP) is 3.07. The van der Waals surface area contributed by atoms with Gasteiger partial charge in [-0.3, -0.25) is 14.2 Å². The molecular weight excluding hydrogens is 328 g/mol. The van der Waals surface area contributed by atoms with Crippen molar-refractivity contribution >= 4 is 17.5 Å². The lowest BCUT2D eigenvalue weighted by Crippen LogP contribution is -2.23. The Labute approximate surface area is 143 Å². The number of hydrogen-bond donors (Lipinski definition) is 1. The molecule has 0 radical (unpaired) electrons. The normalized spacial score (nSPS) is 10.5. The monoisotopic (exact) mass is 342 g/mol. The van der Waals surface area contributed by atoms with Gasteiger partial charge in [0.05, 0.1) is 19.4 Å². The van der Waals surface area contributed by atoms with Crippen molar-refractivity contribution in [3.05, 3.63) is 93.3 Å². The summed E-state index contributed by atoms with van der Waals surface area (Å²) in [4.78, 5) is 24.1. The second kappa shape index (κ2) is 7.19. The van der Waals surface area contributed by atoms with Crippen LogP contribution in [0.4, 0.5) is 0 Å². The second-order valence-corrected chi connectivity index (χ2v) is 5.62. The number of carbonyl (C=O) groups excluding carboxylic acids is 1. The highest BCUT2D eigenvalue weighted by Gasteiger charge is 2.08. The second-order valence-electron chi connectivity index (χ2n) is 5.24. The lowest BCUT2D eigenvalue weighted by atomic mass is 10.1. The summed E-state index contributed by atoms with van der Waals surface area (Å²) in [5.41, 5.74) is 1.14. The van der Waals surface area contributed by atoms with Gasteiger partial charge in [-0.25, -0.2) is 0 Å². The Balaban J connectivity index is 1.74. The van der Waals surface area contributed by atoms with Crippen LogP contribution in [0.25, 0.3) is 0 Å². The molecule has 1 N–H and O–H groups in total. The standard InChI is InChI=1S/C18H15ClN2O3/c19-16-7-2-8-17(22)21(16)12-13-4-1-5-14(10-13)18(23)20-11-15-6-3-9-24-15/h1-10H,11-12H2,(H,20,23). The Morgan fingerprint density at radius 1 is 1.12 bits per heavy atom. The maximum Gasteiger partial charge on any atom is 0.251 e. The van der Waals surface area contributed by atoms with Gasteiger partial charge in [-0.05, 0) is 35.9 Å². The van der Waals surface area contributed by atoms with Crippen molar-refractivity contribution in [1.29, 1.82) is 0 Å². The smallest absolute Gasteiger partial charge is 0.251 e. The van der Waals surface area contributed by atoms with Crippen LogP contribution in [-0.4, -0.2) is 10.5 Å². The van der Waals surface area contributed by atoms with Crippen molar-refractivity contribution in [2.45, 2.75) is 13.1 Å². The van der Waals surface area contributed by atoms with Crippen LogP contribution >= 0.6 is 11.6 Å². The summed E-state index contributed by atoms with van der Waals surface area (Å²) in [6.07, 6.45) is 1.56. The maximum atomic E-state index is 12.2. The van der Waals surface area contributed by atoms with Gasteiger partial charge in [-0.2, -0.15) is 0 Å². The van der Waals surface area contributed by atoms with Gasteiger partial charge < -0.3 is 9.73 Å². The number of furan rings is 1. The van der Waals surface area contributed by atoms with E-state index in [4.69, 9.17) is 16.0 Å². The molecule has 0 saturated carbocycles. The van der Waals surface area contributed by atoms with E-state index in [-0.39, 0.29) is 11.5 Å². The zero-order valence-corrected chi connectivity index (χ0v) is 13.5. The Morgan fingerprint density at radius 3 is 2.71 bits per heavy atom. The fraction of sp³-hybridized carbons (Fsp3) is 0.111. The van der Waals surface area contributed by atoms with E-state index < -0.39 is 0 Å². The third-order valence-electron chi connectivity index (χ3n) is 3.53. The molecule has 0 aliphatic rings. The molecule has 1 aromatic carbocycles. The molecule has 1 amide bonds. The van der Waals surface area contributed by atoms with E-state index in [1.807, 2.05) is 6.07 Å². The van der Waals surface area contributed by atoms with E-state index >= 15 is 0 Å². The molecule has 0 spiro atoms. The van der Waals surface area contributed by atoms with Crippen LogP contribution in [0, 0.1) is 0 Å². The number of carbonyl (C=O) groups is 1. The molecule has 3 rings (SSSR count). The number of nitrogens with one attached hydrogen (secondary N) is 1. The topological polar surface area (TPSA) is 64.2 Å². The summed E-state index contributed by atoms with van der Waals surface area (Å²) in [7, 11) is 0. The summed E-state index contributed by atoms with van der Waals surface area (Å²) in [6, 6.07) is 15.4. The van der Waals surface area contributed by atoms with Crippen LogP contribution in [0.5, 0.6) is 0 Å². The van der Waals surface area contributed by atoms with Crippen molar-refractivity contribution in [3.8, 4) is 0 Å². The number of pyridine rings is 1. The Bertz CT molecular complexity index is 901. The van der Waals surface area contributed by atoms with Crippen LogP contribution in [0.1, 0.15) is 21.7 Å². The van der Waals surface area contributed by atoms with Gasteiger partial charge in [-0.15, -0.1) is 0 Å². The third kappa shape index (κ3) is 3.75. The first-order chi connectivity index (χ1) is 11.6. The van der Waals surface area contributed by atoms with Gasteiger partial charge in [0.1, 0.15) is 10.9 Å². The van der Waals surface area contributed by atoms with Crippen LogP contribution in [-0.2, 0) is 13.1 Å². The van der Waals surface area contributed by atoms with Crippen LogP contribution in [0.15, 0.2) is 70.1 Å². The number of aromatic nitrogens is 1. The first-order valence-electron chi connectivity index (χ1n) is 7.38. The van der Waals surface area contributed by atoms with Crippen molar-refractivity contribution < 1.29 is 9.21 Å². The van der Waals surface area contributed by atoms with E-state index in [1.54, 1.807) is 48.7 Å². The summed E-state index contributed by atoms with van der Waals surface area (Å²) >= 11 is 6.06. The molecule has 0 aliphatic carbocycles. The summed E-state index contributed by atoms with van der Waals surface area (Å²) < 4.78 is 6.63. The molecule has 0 bridgehead atoms. The zero-order valence-electron chi connectivity index (χ0n) is 12.7. The number of hydrogen-bond acceptors (Lipinski definition) is 3. The van der Waals surface area contributed by atoms with Gasteiger partial charge >= 0.3 is 0 Å². The fourth-order valence-corrected chi connectivity index (χ4v) is 2.54. The number of rotatable bonds is 5. The van der Waals surface area contributed by atoms with Gasteiger partial charge in [0, 0.05) is 11.6 Å². The van der Waals surface area contributed by atoms with Gasteiger partial charge in [0.2, 0.25) is 0 Å². The van der Waals surface area contributed by atoms with E-state index in [0.717, 1.165) is 5.56 Å². The molecule has 2 heterocycles. The molecule has 2 aromatic heterocycles. The predicted molar refractivity (Wildman–Crippen MR) is 91.1 cm³/mol. The van der Waals surface area contributed by atoms with Crippen molar-refractivity contribution in [1.82, 2.24) is 9.88 Å². The Hall–Kier alpha value is -2.79. The number of amides is 1. The first-order valence-corrected chi connectivity index (χ1v) is 7.76. The highest BCUT2D eigenvalue weighted by atomic mass is 35.5. The quantitative estimate of drug-likeness (QED) is 0.725. The molecular formula is C18H15ClN2O3. The van der Waals surface area contributed by atoms with Gasteiger partial charge in [0.15, 0.2) is 0 Å². The van der Waals surface area contributed by atoms with Crippen LogP contribution < -0.4 is 10.9 Å². The highest BCUT2D eigenvalue weighted by Crippen LogP contribution is 2.11. The minimum Gasteiger partial charge on any atom is -0.467 e. The Morgan fingerprint density at radius 2 is 1.96 bits per heavy atom. The molecule has 122 valence electrons. The minimum atomic E-state index is -0.209. The molecule has 5 nitrogen and oxygen atoms in total. The average Bonchev–Trinajstić information content (AvgIpc) is 3.10. The molecule has 0 aliphatic heterocycles. The molecule has 0 unspecified atom stereocenters. The number of benzene rings is 1. The van der Waals surface area contributed by atoms with Crippen molar-refractivity contribution in [3.63, 3.8) is 0 Å². The van der Waals surface area contributed by atoms with E-state index in [2.05, 4.69) is 5.32 Å². The first kappa shape index (κ1) is 16.1. The van der Waals surface area contributed by atoms with E-state index in [0.29, 0.717) is 29.6 Å². The molecule has 0 saturated heterocycles.